The number of nitrogens with zero attached hydrogens (tertiary/aromatic N) is 3. The van der Waals surface area contributed by atoms with Crippen molar-refractivity contribution in [1.29, 1.82) is 0 Å². The number of benzene rings is 2. The van der Waals surface area contributed by atoms with E-state index in [1.165, 1.54) is 29.8 Å². The summed E-state index contributed by atoms with van der Waals surface area (Å²) in [7, 11) is 0. The molecule has 0 spiro atoms. The van der Waals surface area contributed by atoms with Gasteiger partial charge in [0.15, 0.2) is 11.6 Å². The first-order valence-corrected chi connectivity index (χ1v) is 9.72. The average molecular weight is 408 g/mol. The molecule has 4 aromatic rings. The molecule has 0 aliphatic carbocycles. The van der Waals surface area contributed by atoms with Crippen LogP contribution in [0.15, 0.2) is 60.0 Å². The van der Waals surface area contributed by atoms with Crippen molar-refractivity contribution in [2.24, 2.45) is 5.10 Å². The summed E-state index contributed by atoms with van der Waals surface area (Å²) in [5, 5.41) is 14.9. The van der Waals surface area contributed by atoms with Crippen LogP contribution in [0, 0.1) is 5.82 Å². The van der Waals surface area contributed by atoms with E-state index < -0.39 is 0 Å². The maximum atomic E-state index is 13.0. The number of rotatable bonds is 6. The van der Waals surface area contributed by atoms with Gasteiger partial charge in [0.2, 0.25) is 0 Å². The standard InChI is InChI=1S/C21H17FN4O2S/c1-2-28-16-6-4-3-5-15(16)19-18(27)17-20(29-19)21(24-12-23-17)26-25-11-13-7-9-14(22)10-8-13/h3-12,27H,2H2,1H3,(H,23,24,26)/b25-11+. The smallest absolute Gasteiger partial charge is 0.167 e. The molecule has 0 amide bonds. The molecule has 0 radical (unpaired) electrons. The summed E-state index contributed by atoms with van der Waals surface area (Å²) < 4.78 is 19.4. The van der Waals surface area contributed by atoms with Gasteiger partial charge in [-0.3, -0.25) is 5.43 Å². The molecule has 2 N–H and O–H groups in total. The van der Waals surface area contributed by atoms with Crippen LogP contribution in [0.3, 0.4) is 0 Å². The van der Waals surface area contributed by atoms with Gasteiger partial charge in [-0.1, -0.05) is 24.3 Å². The first-order valence-electron chi connectivity index (χ1n) is 8.90. The van der Waals surface area contributed by atoms with Crippen LogP contribution >= 0.6 is 11.3 Å². The number of para-hydroxylation sites is 1. The highest BCUT2D eigenvalue weighted by molar-refractivity contribution is 7.23. The second-order valence-corrected chi connectivity index (χ2v) is 7.05. The minimum atomic E-state index is -0.304. The van der Waals surface area contributed by atoms with E-state index in [1.807, 2.05) is 31.2 Å². The molecule has 0 atom stereocenters. The fourth-order valence-electron chi connectivity index (χ4n) is 2.81. The van der Waals surface area contributed by atoms with E-state index in [0.29, 0.717) is 33.3 Å². The van der Waals surface area contributed by atoms with Gasteiger partial charge in [0.25, 0.3) is 0 Å². The first kappa shape index (κ1) is 18.8. The van der Waals surface area contributed by atoms with Gasteiger partial charge in [-0.15, -0.1) is 11.3 Å². The number of hydrazone groups is 1. The highest BCUT2D eigenvalue weighted by Crippen LogP contribution is 2.47. The molecule has 0 bridgehead atoms. The molecule has 0 unspecified atom stereocenters. The van der Waals surface area contributed by atoms with Crippen LogP contribution in [0.25, 0.3) is 20.7 Å². The van der Waals surface area contributed by atoms with Gasteiger partial charge in [0.05, 0.1) is 17.7 Å². The van der Waals surface area contributed by atoms with E-state index in [2.05, 4.69) is 20.5 Å². The highest BCUT2D eigenvalue weighted by Gasteiger charge is 2.19. The maximum Gasteiger partial charge on any atom is 0.167 e. The lowest BCUT2D eigenvalue weighted by atomic mass is 10.1. The average Bonchev–Trinajstić information content (AvgIpc) is 3.08. The number of thiophene rings is 1. The predicted molar refractivity (Wildman–Crippen MR) is 113 cm³/mol. The fourth-order valence-corrected chi connectivity index (χ4v) is 3.93. The number of nitrogens with one attached hydrogen (secondary N) is 1. The molecule has 146 valence electrons. The summed E-state index contributed by atoms with van der Waals surface area (Å²) in [6.07, 6.45) is 2.93. The molecule has 8 heteroatoms. The number of fused-ring (bicyclic) bond motifs is 1. The summed E-state index contributed by atoms with van der Waals surface area (Å²) >= 11 is 1.35. The first-order chi connectivity index (χ1) is 14.2. The number of aromatic nitrogens is 2. The Balaban J connectivity index is 1.69. The second kappa shape index (κ2) is 8.24. The maximum absolute atomic E-state index is 13.0. The predicted octanol–water partition coefficient (Wildman–Crippen LogP) is 5.05. The zero-order chi connectivity index (χ0) is 20.2. The number of hydrogen-bond donors (Lipinski definition) is 2. The Kier molecular flexibility index (Phi) is 5.35. The quantitative estimate of drug-likeness (QED) is 0.345. The Morgan fingerprint density at radius 2 is 1.97 bits per heavy atom. The van der Waals surface area contributed by atoms with Gasteiger partial charge < -0.3 is 9.84 Å². The third-order valence-corrected chi connectivity index (χ3v) is 5.34. The third kappa shape index (κ3) is 3.88. The van der Waals surface area contributed by atoms with Gasteiger partial charge >= 0.3 is 0 Å². The van der Waals surface area contributed by atoms with Gasteiger partial charge in [0, 0.05) is 5.56 Å². The van der Waals surface area contributed by atoms with Crippen molar-refractivity contribution in [2.75, 3.05) is 12.0 Å². The third-order valence-electron chi connectivity index (χ3n) is 4.13. The number of aromatic hydroxyl groups is 1. The zero-order valence-electron chi connectivity index (χ0n) is 15.5. The second-order valence-electron chi connectivity index (χ2n) is 6.03. The lowest BCUT2D eigenvalue weighted by Gasteiger charge is -2.08. The summed E-state index contributed by atoms with van der Waals surface area (Å²) in [4.78, 5) is 9.09. The molecule has 2 aromatic carbocycles. The monoisotopic (exact) mass is 408 g/mol. The summed E-state index contributed by atoms with van der Waals surface area (Å²) in [6, 6.07) is 13.5. The van der Waals surface area contributed by atoms with Crippen molar-refractivity contribution in [1.82, 2.24) is 9.97 Å². The van der Waals surface area contributed by atoms with Crippen molar-refractivity contribution < 1.29 is 14.2 Å². The molecular weight excluding hydrogens is 391 g/mol. The Labute approximate surface area is 170 Å². The largest absolute Gasteiger partial charge is 0.504 e. The molecular formula is C21H17FN4O2S. The Hall–Kier alpha value is -3.52. The molecule has 6 nitrogen and oxygen atoms in total. The van der Waals surface area contributed by atoms with Crippen LogP contribution < -0.4 is 10.2 Å². The molecule has 0 saturated carbocycles. The normalized spacial score (nSPS) is 11.2. The van der Waals surface area contributed by atoms with Crippen molar-refractivity contribution >= 4 is 33.6 Å². The van der Waals surface area contributed by atoms with Gasteiger partial charge in [0.1, 0.15) is 28.1 Å². The van der Waals surface area contributed by atoms with E-state index in [0.717, 1.165) is 11.1 Å². The van der Waals surface area contributed by atoms with E-state index in [1.54, 1.807) is 18.3 Å². The number of halogens is 1. The molecule has 29 heavy (non-hydrogen) atoms. The van der Waals surface area contributed by atoms with Crippen molar-refractivity contribution in [3.05, 3.63) is 66.2 Å². The van der Waals surface area contributed by atoms with Crippen LogP contribution in [0.4, 0.5) is 10.2 Å². The van der Waals surface area contributed by atoms with E-state index >= 15 is 0 Å². The van der Waals surface area contributed by atoms with Crippen LogP contribution in [0.1, 0.15) is 12.5 Å². The van der Waals surface area contributed by atoms with Crippen LogP contribution in [0.5, 0.6) is 11.5 Å². The summed E-state index contributed by atoms with van der Waals surface area (Å²) in [5.74, 6) is 0.925. The van der Waals surface area contributed by atoms with Crippen molar-refractivity contribution in [3.8, 4) is 21.9 Å². The Morgan fingerprint density at radius 1 is 1.17 bits per heavy atom. The number of ether oxygens (including phenoxy) is 1. The highest BCUT2D eigenvalue weighted by atomic mass is 32.1. The molecule has 4 rings (SSSR count). The van der Waals surface area contributed by atoms with Crippen molar-refractivity contribution in [3.63, 3.8) is 0 Å². The Bertz CT molecular complexity index is 1180. The van der Waals surface area contributed by atoms with E-state index in [9.17, 15) is 9.50 Å². The summed E-state index contributed by atoms with van der Waals surface area (Å²) in [6.45, 7) is 2.43. The SMILES string of the molecule is CCOc1ccccc1-c1sc2c(N/N=C/c3ccc(F)cc3)ncnc2c1O. The molecule has 0 saturated heterocycles. The topological polar surface area (TPSA) is 79.6 Å². The van der Waals surface area contributed by atoms with Gasteiger partial charge in [-0.25, -0.2) is 14.4 Å². The van der Waals surface area contributed by atoms with E-state index in [4.69, 9.17) is 4.74 Å². The van der Waals surface area contributed by atoms with Crippen LogP contribution in [-0.2, 0) is 0 Å². The van der Waals surface area contributed by atoms with Crippen molar-refractivity contribution in [2.45, 2.75) is 6.92 Å². The number of hydrogen-bond acceptors (Lipinski definition) is 7. The fraction of sp³-hybridized carbons (Fsp3) is 0.0952. The number of anilines is 1. The minimum absolute atomic E-state index is 0.0742. The lowest BCUT2D eigenvalue weighted by Crippen LogP contribution is -1.94. The Morgan fingerprint density at radius 3 is 2.76 bits per heavy atom. The molecule has 2 heterocycles. The van der Waals surface area contributed by atoms with E-state index in [-0.39, 0.29) is 11.6 Å². The molecule has 0 aliphatic heterocycles. The van der Waals surface area contributed by atoms with Crippen LogP contribution in [-0.4, -0.2) is 27.9 Å². The molecule has 2 aromatic heterocycles. The zero-order valence-corrected chi connectivity index (χ0v) is 16.3. The van der Waals surface area contributed by atoms with Gasteiger partial charge in [-0.05, 0) is 36.8 Å². The molecule has 0 aliphatic rings. The van der Waals surface area contributed by atoms with Crippen LogP contribution in [0.2, 0.25) is 0 Å². The van der Waals surface area contributed by atoms with Gasteiger partial charge in [-0.2, -0.15) is 5.10 Å². The lowest BCUT2D eigenvalue weighted by molar-refractivity contribution is 0.341. The molecule has 0 fully saturated rings. The summed E-state index contributed by atoms with van der Waals surface area (Å²) in [5.41, 5.74) is 4.84. The minimum Gasteiger partial charge on any atom is -0.504 e.